The highest BCUT2D eigenvalue weighted by molar-refractivity contribution is 8.00. The Hall–Kier alpha value is -6.88. The average Bonchev–Trinajstić information content (AvgIpc) is 1.66. The predicted octanol–water partition coefficient (Wildman–Crippen LogP) is 15.5. The maximum Gasteiger partial charge on any atom is 0.491 e. The molecule has 9 nitrogen and oxygen atoms in total. The van der Waals surface area contributed by atoms with Gasteiger partial charge in [-0.2, -0.15) is 0 Å². The fourth-order valence-electron chi connectivity index (χ4n) is 11.1. The highest BCUT2D eigenvalue weighted by Crippen LogP contribution is 2.33. The van der Waals surface area contributed by atoms with Gasteiger partial charge < -0.3 is 33.0 Å². The van der Waals surface area contributed by atoms with Crippen molar-refractivity contribution in [3.63, 3.8) is 0 Å². The van der Waals surface area contributed by atoms with Crippen LogP contribution in [-0.4, -0.2) is 50.3 Å². The zero-order valence-electron chi connectivity index (χ0n) is 54.1. The van der Waals surface area contributed by atoms with Gasteiger partial charge in [0.25, 0.3) is 0 Å². The van der Waals surface area contributed by atoms with Crippen LogP contribution < -0.4 is 32.1 Å². The summed E-state index contributed by atoms with van der Waals surface area (Å²) < 4.78 is 46.0. The molecule has 1 N–H and O–H groups in total. The number of ether oxygens (including phenoxy) is 1. The molecule has 0 spiro atoms. The van der Waals surface area contributed by atoms with E-state index in [4.69, 9.17) is 34.6 Å². The molecule has 5 aliphatic rings. The van der Waals surface area contributed by atoms with Crippen molar-refractivity contribution in [1.29, 1.82) is 0 Å². The third kappa shape index (κ3) is 18.2. The van der Waals surface area contributed by atoms with Crippen molar-refractivity contribution in [3.05, 3.63) is 274 Å². The molecule has 470 valence electrons. The third-order valence-electron chi connectivity index (χ3n) is 16.7. The van der Waals surface area contributed by atoms with Crippen molar-refractivity contribution in [2.75, 3.05) is 6.26 Å². The molecule has 19 heteroatoms. The lowest BCUT2D eigenvalue weighted by Crippen LogP contribution is -2.27. The van der Waals surface area contributed by atoms with Crippen LogP contribution in [0.15, 0.2) is 256 Å². The number of nitrogens with zero attached hydrogens (tertiary/aromatic N) is 1. The third-order valence-corrected chi connectivity index (χ3v) is 21.8. The van der Waals surface area contributed by atoms with Crippen molar-refractivity contribution in [3.8, 4) is 5.75 Å². The minimum absolute atomic E-state index is 0.102. The van der Waals surface area contributed by atoms with Crippen molar-refractivity contribution in [2.24, 2.45) is 0 Å². The Kier molecular flexibility index (Phi) is 23.8. The van der Waals surface area contributed by atoms with Crippen LogP contribution in [-0.2, 0) is 73.7 Å². The molecule has 1 unspecified atom stereocenters. The van der Waals surface area contributed by atoms with Gasteiger partial charge in [0, 0.05) is 44.1 Å². The van der Waals surface area contributed by atoms with Crippen LogP contribution in [0, 0.1) is 27.3 Å². The molecule has 1 atom stereocenters. The second-order valence-electron chi connectivity index (χ2n) is 23.5. The molecule has 0 amide bonds. The molecule has 0 saturated carbocycles. The summed E-state index contributed by atoms with van der Waals surface area (Å²) in [5, 5.41) is 9.68. The van der Waals surface area contributed by atoms with Crippen LogP contribution in [0.25, 0.3) is 4.85 Å². The summed E-state index contributed by atoms with van der Waals surface area (Å²) in [5.74, 6) is 0.842. The largest absolute Gasteiger partial charge is 0.491 e. The van der Waals surface area contributed by atoms with E-state index in [1.807, 2.05) is 122 Å². The number of fused-ring (bicyclic) bond motifs is 5. The van der Waals surface area contributed by atoms with Gasteiger partial charge in [0.15, 0.2) is 5.69 Å². The maximum absolute atomic E-state index is 12.5. The summed E-state index contributed by atoms with van der Waals surface area (Å²) in [5.41, 5.74) is 17.5. The zero-order valence-corrected chi connectivity index (χ0v) is 58.2. The summed E-state index contributed by atoms with van der Waals surface area (Å²) in [6.07, 6.45) is 2.10. The first-order valence-corrected chi connectivity index (χ1v) is 36.2. The van der Waals surface area contributed by atoms with Crippen LogP contribution in [0.3, 0.4) is 0 Å². The molecular formula is C75H72B5NO8S5. The number of aryl methyl sites for hydroxylation is 3. The van der Waals surface area contributed by atoms with Crippen LogP contribution in [0.1, 0.15) is 50.1 Å². The molecule has 15 rings (SSSR count). The Labute approximate surface area is 576 Å². The first kappa shape index (κ1) is 68.5. The van der Waals surface area contributed by atoms with E-state index in [1.54, 1.807) is 29.6 Å². The molecule has 5 heterocycles. The Morgan fingerprint density at radius 2 is 0.840 bits per heavy atom. The van der Waals surface area contributed by atoms with E-state index in [9.17, 15) is 9.23 Å². The summed E-state index contributed by atoms with van der Waals surface area (Å²) in [7, 11) is -1.88. The van der Waals surface area contributed by atoms with E-state index in [-0.39, 0.29) is 27.7 Å². The van der Waals surface area contributed by atoms with E-state index in [2.05, 4.69) is 167 Å². The number of rotatable bonds is 12. The highest BCUT2D eigenvalue weighted by atomic mass is 32.2. The van der Waals surface area contributed by atoms with Gasteiger partial charge in [0.1, 0.15) is 12.4 Å². The molecule has 5 aliphatic heterocycles. The smallest absolute Gasteiger partial charge is 0.489 e. The van der Waals surface area contributed by atoms with Crippen LogP contribution in [0.2, 0.25) is 27.3 Å². The molecule has 10 aromatic rings. The summed E-state index contributed by atoms with van der Waals surface area (Å²) in [4.78, 5) is 13.9. The van der Waals surface area contributed by atoms with Gasteiger partial charge in [-0.1, -0.05) is 176 Å². The second kappa shape index (κ2) is 32.7. The quantitative estimate of drug-likeness (QED) is 0.0717. The molecular weight excluding hydrogens is 1260 g/mol. The standard InChI is InChI=1S/C16H14BNO2.C15H15BO2S.C15H15BOS2.C15H15BOS.C14H13BO2S/c1-17-16-7-6-15(9-13(16)11-20-17)19-10-12-4-3-5-14(8-12)18-2;1-11-3-6-13(7-4-11)19(17)14-8-5-12-10-18-16(2)15(12)9-14;1-16-15-9-14(4-3-11(15)10-17-16)19-13-7-5-12(18-2)6-8-13;1-11-3-6-13(7-4-11)18-14-8-5-12-10-17-16(2)15(12)9-14;1-10-2-5-12(6-3-10)18-13-7-4-11-9-17-15(16)14(11)8-13/h3-9H,10-11H2,1H3;2*3-9H,10H2,1-2H3;3-9H,10H2,1-2H3;2-8,16H,9H2,1H3. The fourth-order valence-corrected chi connectivity index (χ4v) is 15.2. The van der Waals surface area contributed by atoms with Crippen molar-refractivity contribution >= 4 is 126 Å². The van der Waals surface area contributed by atoms with Gasteiger partial charge in [-0.3, -0.25) is 0 Å². The van der Waals surface area contributed by atoms with Gasteiger partial charge in [-0.25, -0.2) is 9.05 Å². The molecule has 0 aromatic heterocycles. The van der Waals surface area contributed by atoms with Crippen LogP contribution in [0.5, 0.6) is 5.75 Å². The molecule has 0 radical (unpaired) electrons. The molecule has 0 saturated heterocycles. The normalized spacial score (nSPS) is 13.9. The monoisotopic (exact) mass is 1330 g/mol. The molecule has 10 aromatic carbocycles. The Bertz CT molecular complexity index is 4210. The first-order valence-electron chi connectivity index (χ1n) is 31.4. The van der Waals surface area contributed by atoms with Crippen molar-refractivity contribution in [2.45, 2.75) is 132 Å². The van der Waals surface area contributed by atoms with Gasteiger partial charge in [0.2, 0.25) is 0 Å². The second-order valence-corrected chi connectivity index (χ2v) is 29.3. The predicted molar refractivity (Wildman–Crippen MR) is 395 cm³/mol. The SMILES string of the molecule is CB1OCc2ccc(S(=O)c3ccc(C)cc3)cc21.CB1OCc2ccc(Sc3ccc(C)cc3)cc21.CSc1ccc(Sc2ccc3c(c2)B(C)OC3)cc1.Cc1ccc(Sc2ccc3c(c2)B(O)OC3)cc1.[C-]#[N+]c1cccc(COc2ccc3c(c2)COB3C)c1. The van der Waals surface area contributed by atoms with E-state index >= 15 is 0 Å². The first-order chi connectivity index (χ1) is 45.6. The summed E-state index contributed by atoms with van der Waals surface area (Å²) >= 11 is 7.09. The van der Waals surface area contributed by atoms with Crippen molar-refractivity contribution in [1.82, 2.24) is 0 Å². The van der Waals surface area contributed by atoms with Crippen LogP contribution in [0.4, 0.5) is 5.69 Å². The topological polar surface area (TPSA) is 97.0 Å². The molecule has 0 bridgehead atoms. The van der Waals surface area contributed by atoms with E-state index < -0.39 is 17.9 Å². The lowest BCUT2D eigenvalue weighted by atomic mass is 9.64. The molecule has 94 heavy (non-hydrogen) atoms. The molecule has 0 fully saturated rings. The number of thioether (sulfide) groups is 1. The minimum atomic E-state index is -1.12. The highest BCUT2D eigenvalue weighted by Gasteiger charge is 2.29. The maximum atomic E-state index is 12.5. The van der Waals surface area contributed by atoms with Gasteiger partial charge >= 0.3 is 34.8 Å². The lowest BCUT2D eigenvalue weighted by molar-refractivity contribution is 0.275. The number of hydrogen-bond donors (Lipinski definition) is 1. The van der Waals surface area contributed by atoms with Gasteiger partial charge in [-0.05, 0) is 203 Å². The van der Waals surface area contributed by atoms with Gasteiger partial charge in [-0.15, -0.1) is 11.8 Å². The number of hydrogen-bond acceptors (Lipinski definition) is 12. The number of benzene rings is 10. The zero-order chi connectivity index (χ0) is 65.7. The Morgan fingerprint density at radius 3 is 1.35 bits per heavy atom. The summed E-state index contributed by atoms with van der Waals surface area (Å²) in [6, 6.07) is 72.6. The molecule has 0 aliphatic carbocycles. The van der Waals surface area contributed by atoms with Crippen LogP contribution >= 0.6 is 47.0 Å². The Balaban J connectivity index is 0.000000120. The minimum Gasteiger partial charge on any atom is -0.489 e. The summed E-state index contributed by atoms with van der Waals surface area (Å²) in [6.45, 7) is 26.1. The average molecular weight is 1330 g/mol. The van der Waals surface area contributed by atoms with E-state index in [1.165, 1.54) is 84.7 Å². The van der Waals surface area contributed by atoms with E-state index in [0.717, 1.165) is 55.7 Å². The van der Waals surface area contributed by atoms with Gasteiger partial charge in [0.05, 0.1) is 50.4 Å². The fraction of sp³-hybridized carbons (Fsp3) is 0.187. The van der Waals surface area contributed by atoms with E-state index in [0.29, 0.717) is 32.1 Å². The Morgan fingerprint density at radius 1 is 0.436 bits per heavy atom. The van der Waals surface area contributed by atoms with Crippen molar-refractivity contribution < 1.29 is 37.2 Å². The lowest BCUT2D eigenvalue weighted by Gasteiger charge is -2.08.